The maximum atomic E-state index is 11.6. The molecule has 14 heavy (non-hydrogen) atoms. The van der Waals surface area contributed by atoms with Crippen molar-refractivity contribution in [2.24, 2.45) is 0 Å². The van der Waals surface area contributed by atoms with Gasteiger partial charge in [0.15, 0.2) is 0 Å². The zero-order valence-corrected chi connectivity index (χ0v) is 8.89. The van der Waals surface area contributed by atoms with Crippen molar-refractivity contribution in [1.29, 1.82) is 5.26 Å². The molecule has 6 heteroatoms. The Morgan fingerprint density at radius 1 is 1.29 bits per heavy atom. The Hall–Kier alpha value is -0.640. The van der Waals surface area contributed by atoms with Crippen molar-refractivity contribution in [1.82, 2.24) is 9.03 Å². The number of nitriles is 1. The Kier molecular flexibility index (Phi) is 4.32. The van der Waals surface area contributed by atoms with Gasteiger partial charge < -0.3 is 0 Å². The third kappa shape index (κ3) is 3.25. The number of hydrogen-bond donors (Lipinski definition) is 1. The van der Waals surface area contributed by atoms with E-state index in [2.05, 4.69) is 4.72 Å². The van der Waals surface area contributed by atoms with Gasteiger partial charge in [-0.15, -0.1) is 0 Å². The average molecular weight is 217 g/mol. The van der Waals surface area contributed by atoms with Crippen molar-refractivity contribution >= 4 is 10.2 Å². The molecule has 0 aromatic rings. The van der Waals surface area contributed by atoms with Gasteiger partial charge >= 0.3 is 0 Å². The molecule has 5 nitrogen and oxygen atoms in total. The van der Waals surface area contributed by atoms with Gasteiger partial charge in [0, 0.05) is 26.1 Å². The summed E-state index contributed by atoms with van der Waals surface area (Å²) in [6, 6.07) is 1.90. The Morgan fingerprint density at radius 2 is 1.93 bits per heavy atom. The van der Waals surface area contributed by atoms with Crippen molar-refractivity contribution in [2.75, 3.05) is 19.6 Å². The molecule has 1 fully saturated rings. The third-order valence-electron chi connectivity index (χ3n) is 2.18. The van der Waals surface area contributed by atoms with E-state index in [1.165, 1.54) is 4.31 Å². The van der Waals surface area contributed by atoms with Crippen LogP contribution in [0.1, 0.15) is 25.7 Å². The second-order valence-electron chi connectivity index (χ2n) is 3.27. The van der Waals surface area contributed by atoms with E-state index in [-0.39, 0.29) is 13.0 Å². The predicted molar refractivity (Wildman–Crippen MR) is 52.6 cm³/mol. The molecule has 0 aliphatic carbocycles. The molecular formula is C8H15N3O2S. The maximum Gasteiger partial charge on any atom is 0.279 e. The van der Waals surface area contributed by atoms with Gasteiger partial charge in [-0.3, -0.25) is 0 Å². The van der Waals surface area contributed by atoms with Crippen LogP contribution in [0.4, 0.5) is 0 Å². The van der Waals surface area contributed by atoms with Crippen molar-refractivity contribution in [3.63, 3.8) is 0 Å². The van der Waals surface area contributed by atoms with Gasteiger partial charge in [0.25, 0.3) is 10.2 Å². The van der Waals surface area contributed by atoms with E-state index in [0.29, 0.717) is 13.1 Å². The second-order valence-corrected chi connectivity index (χ2v) is 5.02. The summed E-state index contributed by atoms with van der Waals surface area (Å²) in [6.07, 6.45) is 3.18. The predicted octanol–water partition coefficient (Wildman–Crippen LogP) is 0.220. The summed E-state index contributed by atoms with van der Waals surface area (Å²) >= 11 is 0. The molecule has 1 saturated heterocycles. The zero-order chi connectivity index (χ0) is 10.4. The summed E-state index contributed by atoms with van der Waals surface area (Å²) in [5, 5.41) is 8.28. The molecule has 0 bridgehead atoms. The minimum Gasteiger partial charge on any atom is -0.201 e. The van der Waals surface area contributed by atoms with Crippen LogP contribution in [0.25, 0.3) is 0 Å². The highest BCUT2D eigenvalue weighted by Crippen LogP contribution is 2.11. The van der Waals surface area contributed by atoms with Gasteiger partial charge in [-0.1, -0.05) is 6.42 Å². The molecule has 1 rings (SSSR count). The topological polar surface area (TPSA) is 73.2 Å². The fraction of sp³-hybridized carbons (Fsp3) is 0.875. The molecular weight excluding hydrogens is 202 g/mol. The lowest BCUT2D eigenvalue weighted by Gasteiger charge is -2.25. The lowest BCUT2D eigenvalue weighted by Crippen LogP contribution is -2.43. The zero-order valence-electron chi connectivity index (χ0n) is 8.07. The molecule has 0 aromatic heterocycles. The van der Waals surface area contributed by atoms with Crippen LogP contribution >= 0.6 is 0 Å². The highest BCUT2D eigenvalue weighted by Gasteiger charge is 2.22. The number of nitrogens with one attached hydrogen (secondary N) is 1. The quantitative estimate of drug-likeness (QED) is 0.685. The van der Waals surface area contributed by atoms with Crippen LogP contribution in [0, 0.1) is 11.3 Å². The van der Waals surface area contributed by atoms with E-state index >= 15 is 0 Å². The summed E-state index contributed by atoms with van der Waals surface area (Å²) in [4.78, 5) is 0. The minimum atomic E-state index is -3.32. The van der Waals surface area contributed by atoms with Crippen molar-refractivity contribution < 1.29 is 8.42 Å². The lowest BCUT2D eigenvalue weighted by molar-refractivity contribution is 0.342. The van der Waals surface area contributed by atoms with Crippen LogP contribution in [0.15, 0.2) is 0 Å². The van der Waals surface area contributed by atoms with E-state index in [9.17, 15) is 8.42 Å². The number of rotatable bonds is 4. The SMILES string of the molecule is N#CCCNS(=O)(=O)N1CCCCC1. The molecule has 0 atom stereocenters. The summed E-state index contributed by atoms with van der Waals surface area (Å²) in [5.74, 6) is 0. The first kappa shape index (κ1) is 11.4. The molecule has 0 aromatic carbocycles. The van der Waals surface area contributed by atoms with Crippen LogP contribution in [0.5, 0.6) is 0 Å². The molecule has 0 radical (unpaired) electrons. The number of piperidine rings is 1. The van der Waals surface area contributed by atoms with Gasteiger partial charge in [0.05, 0.1) is 6.07 Å². The van der Waals surface area contributed by atoms with Gasteiger partial charge in [0.1, 0.15) is 0 Å². The minimum absolute atomic E-state index is 0.204. The Labute approximate surface area is 84.9 Å². The Bertz CT molecular complexity index is 301. The molecule has 1 N–H and O–H groups in total. The van der Waals surface area contributed by atoms with Gasteiger partial charge in [-0.05, 0) is 12.8 Å². The maximum absolute atomic E-state index is 11.6. The third-order valence-corrected chi connectivity index (χ3v) is 3.79. The first-order valence-corrected chi connectivity index (χ1v) is 6.22. The second kappa shape index (κ2) is 5.29. The largest absolute Gasteiger partial charge is 0.279 e. The van der Waals surface area contributed by atoms with Crippen LogP contribution < -0.4 is 4.72 Å². The lowest BCUT2D eigenvalue weighted by atomic mass is 10.2. The molecule has 0 spiro atoms. The van der Waals surface area contributed by atoms with Crippen LogP contribution in [-0.2, 0) is 10.2 Å². The summed E-state index contributed by atoms with van der Waals surface area (Å²) in [6.45, 7) is 1.40. The molecule has 0 amide bonds. The fourth-order valence-electron chi connectivity index (χ4n) is 1.43. The molecule has 0 unspecified atom stereocenters. The molecule has 1 aliphatic rings. The smallest absolute Gasteiger partial charge is 0.201 e. The average Bonchev–Trinajstić information content (AvgIpc) is 2.19. The van der Waals surface area contributed by atoms with Crippen LogP contribution in [-0.4, -0.2) is 32.4 Å². The monoisotopic (exact) mass is 217 g/mol. The van der Waals surface area contributed by atoms with E-state index < -0.39 is 10.2 Å². The fourth-order valence-corrected chi connectivity index (χ4v) is 2.71. The van der Waals surface area contributed by atoms with Gasteiger partial charge in [-0.25, -0.2) is 4.72 Å². The molecule has 1 aliphatic heterocycles. The summed E-state index contributed by atoms with van der Waals surface area (Å²) in [5.41, 5.74) is 0. The first-order chi connectivity index (χ1) is 6.67. The van der Waals surface area contributed by atoms with Crippen molar-refractivity contribution in [2.45, 2.75) is 25.7 Å². The number of nitrogens with zero attached hydrogens (tertiary/aromatic N) is 2. The van der Waals surface area contributed by atoms with Gasteiger partial charge in [0.2, 0.25) is 0 Å². The molecule has 1 heterocycles. The normalized spacial score (nSPS) is 19.1. The van der Waals surface area contributed by atoms with E-state index in [0.717, 1.165) is 19.3 Å². The van der Waals surface area contributed by atoms with Crippen LogP contribution in [0.2, 0.25) is 0 Å². The highest BCUT2D eigenvalue weighted by atomic mass is 32.2. The van der Waals surface area contributed by atoms with Gasteiger partial charge in [-0.2, -0.15) is 18.0 Å². The number of hydrogen-bond acceptors (Lipinski definition) is 3. The molecule has 80 valence electrons. The van der Waals surface area contributed by atoms with Crippen LogP contribution in [0.3, 0.4) is 0 Å². The van der Waals surface area contributed by atoms with E-state index in [1.807, 2.05) is 6.07 Å². The van der Waals surface area contributed by atoms with Crippen molar-refractivity contribution in [3.8, 4) is 6.07 Å². The molecule has 0 saturated carbocycles. The first-order valence-electron chi connectivity index (χ1n) is 4.78. The standard InChI is InChI=1S/C8H15N3O2S/c9-5-4-6-10-14(12,13)11-7-2-1-3-8-11/h10H,1-4,6-8H2. The highest BCUT2D eigenvalue weighted by molar-refractivity contribution is 7.87. The van der Waals surface area contributed by atoms with E-state index in [1.54, 1.807) is 0 Å². The summed E-state index contributed by atoms with van der Waals surface area (Å²) < 4.78 is 27.0. The Balaban J connectivity index is 2.43. The van der Waals surface area contributed by atoms with E-state index in [4.69, 9.17) is 5.26 Å². The Morgan fingerprint density at radius 3 is 2.50 bits per heavy atom. The van der Waals surface area contributed by atoms with Crippen molar-refractivity contribution in [3.05, 3.63) is 0 Å². The summed E-state index contributed by atoms with van der Waals surface area (Å²) in [7, 11) is -3.32.